The lowest BCUT2D eigenvalue weighted by Crippen LogP contribution is -2.28. The minimum absolute atomic E-state index is 0.00744. The summed E-state index contributed by atoms with van der Waals surface area (Å²) < 4.78 is 0.963. The number of amides is 2. The summed E-state index contributed by atoms with van der Waals surface area (Å²) in [6, 6.07) is 13.7. The van der Waals surface area contributed by atoms with Crippen molar-refractivity contribution in [3.8, 4) is 0 Å². The molecule has 0 unspecified atom stereocenters. The van der Waals surface area contributed by atoms with Crippen LogP contribution in [-0.2, 0) is 22.4 Å². The number of aryl methyl sites for hydroxylation is 2. The number of halogens is 1. The molecule has 1 aliphatic heterocycles. The highest BCUT2D eigenvalue weighted by Crippen LogP contribution is 2.29. The average molecular weight is 415 g/mol. The van der Waals surface area contributed by atoms with E-state index in [0.717, 1.165) is 39.8 Å². The highest BCUT2D eigenvalue weighted by molar-refractivity contribution is 9.10. The van der Waals surface area contributed by atoms with Crippen molar-refractivity contribution in [1.29, 1.82) is 0 Å². The van der Waals surface area contributed by atoms with Gasteiger partial charge in [-0.05, 0) is 48.2 Å². The van der Waals surface area contributed by atoms with E-state index >= 15 is 0 Å². The van der Waals surface area contributed by atoms with E-state index in [1.54, 1.807) is 4.90 Å². The molecule has 1 saturated heterocycles. The first-order valence-electron chi connectivity index (χ1n) is 9.01. The highest BCUT2D eigenvalue weighted by Gasteiger charge is 2.35. The molecule has 3 rings (SSSR count). The van der Waals surface area contributed by atoms with E-state index in [9.17, 15) is 9.59 Å². The Bertz CT molecular complexity index is 795. The summed E-state index contributed by atoms with van der Waals surface area (Å²) in [5, 5.41) is 3.10. The van der Waals surface area contributed by atoms with E-state index in [1.807, 2.05) is 42.5 Å². The Hall–Kier alpha value is -2.14. The van der Waals surface area contributed by atoms with Crippen LogP contribution >= 0.6 is 15.9 Å². The molecule has 0 saturated carbocycles. The fourth-order valence-electron chi connectivity index (χ4n) is 3.38. The predicted molar refractivity (Wildman–Crippen MR) is 108 cm³/mol. The van der Waals surface area contributed by atoms with Gasteiger partial charge in [-0.3, -0.25) is 9.59 Å². The zero-order chi connectivity index (χ0) is 18.7. The maximum Gasteiger partial charge on any atom is 0.229 e. The number of carbonyl (C=O) groups is 2. The fourth-order valence-corrected chi connectivity index (χ4v) is 3.65. The van der Waals surface area contributed by atoms with Gasteiger partial charge in [-0.15, -0.1) is 0 Å². The predicted octanol–water partition coefficient (Wildman–Crippen LogP) is 4.57. The second kappa shape index (κ2) is 8.04. The fraction of sp³-hybridized carbons (Fsp3) is 0.333. The Morgan fingerprint density at radius 1 is 1.12 bits per heavy atom. The van der Waals surface area contributed by atoms with Gasteiger partial charge in [0.2, 0.25) is 11.8 Å². The Morgan fingerprint density at radius 2 is 1.73 bits per heavy atom. The van der Waals surface area contributed by atoms with Crippen LogP contribution in [0.25, 0.3) is 0 Å². The molecule has 0 aliphatic carbocycles. The molecule has 1 atom stereocenters. The van der Waals surface area contributed by atoms with Gasteiger partial charge in [0.15, 0.2) is 0 Å². The molecule has 0 bridgehead atoms. The van der Waals surface area contributed by atoms with Crippen LogP contribution in [0.2, 0.25) is 0 Å². The van der Waals surface area contributed by atoms with Crippen molar-refractivity contribution in [2.75, 3.05) is 16.8 Å². The second-order valence-corrected chi connectivity index (χ2v) is 7.45. The van der Waals surface area contributed by atoms with E-state index in [0.29, 0.717) is 6.54 Å². The molecule has 136 valence electrons. The lowest BCUT2D eigenvalue weighted by Gasteiger charge is -2.18. The van der Waals surface area contributed by atoms with Crippen LogP contribution in [0, 0.1) is 5.92 Å². The summed E-state index contributed by atoms with van der Waals surface area (Å²) in [5.41, 5.74) is 4.01. The molecule has 0 radical (unpaired) electrons. The van der Waals surface area contributed by atoms with Crippen LogP contribution < -0.4 is 10.2 Å². The molecule has 5 heteroatoms. The largest absolute Gasteiger partial charge is 0.325 e. The second-order valence-electron chi connectivity index (χ2n) is 6.53. The van der Waals surface area contributed by atoms with Crippen molar-refractivity contribution in [1.82, 2.24) is 0 Å². The van der Waals surface area contributed by atoms with E-state index in [4.69, 9.17) is 0 Å². The zero-order valence-corrected chi connectivity index (χ0v) is 16.7. The first-order chi connectivity index (χ1) is 12.5. The Morgan fingerprint density at radius 3 is 2.31 bits per heavy atom. The first kappa shape index (κ1) is 18.6. The number of benzene rings is 2. The van der Waals surface area contributed by atoms with Crippen molar-refractivity contribution in [3.63, 3.8) is 0 Å². The van der Waals surface area contributed by atoms with Crippen LogP contribution in [-0.4, -0.2) is 18.4 Å². The van der Waals surface area contributed by atoms with Crippen molar-refractivity contribution in [2.24, 2.45) is 5.92 Å². The van der Waals surface area contributed by atoms with Crippen LogP contribution in [0.1, 0.15) is 31.4 Å². The van der Waals surface area contributed by atoms with Gasteiger partial charge < -0.3 is 10.2 Å². The van der Waals surface area contributed by atoms with Crippen LogP contribution in [0.15, 0.2) is 46.9 Å². The molecule has 4 nitrogen and oxygen atoms in total. The standard InChI is InChI=1S/C21H23BrN2O2/c1-3-14-6-5-7-15(4-2)20(14)23-21(26)16-12-19(25)24(13-16)18-10-8-17(22)9-11-18/h5-11,16H,3-4,12-13H2,1-2H3,(H,23,26)/t16-/m0/s1. The SMILES string of the molecule is CCc1cccc(CC)c1NC(=O)[C@H]1CC(=O)N(c2ccc(Br)cc2)C1. The van der Waals surface area contributed by atoms with Crippen molar-refractivity contribution < 1.29 is 9.59 Å². The third-order valence-electron chi connectivity index (χ3n) is 4.88. The van der Waals surface area contributed by atoms with Crippen molar-refractivity contribution in [3.05, 3.63) is 58.1 Å². The summed E-state index contributed by atoms with van der Waals surface area (Å²) in [6.07, 6.45) is 1.97. The van der Waals surface area contributed by atoms with Gasteiger partial charge in [0.1, 0.15) is 0 Å². The Balaban J connectivity index is 1.76. The van der Waals surface area contributed by atoms with E-state index < -0.39 is 0 Å². The average Bonchev–Trinajstić information content (AvgIpc) is 3.04. The topological polar surface area (TPSA) is 49.4 Å². The Labute approximate surface area is 162 Å². The normalized spacial score (nSPS) is 16.8. The maximum absolute atomic E-state index is 12.8. The molecule has 1 heterocycles. The molecule has 2 amide bonds. The number of para-hydroxylation sites is 1. The lowest BCUT2D eigenvalue weighted by atomic mass is 10.0. The summed E-state index contributed by atoms with van der Waals surface area (Å²) in [4.78, 5) is 26.9. The number of nitrogens with zero attached hydrogens (tertiary/aromatic N) is 1. The monoisotopic (exact) mass is 414 g/mol. The number of anilines is 2. The third kappa shape index (κ3) is 3.83. The maximum atomic E-state index is 12.8. The number of rotatable bonds is 5. The van der Waals surface area contributed by atoms with Gasteiger partial charge in [0.25, 0.3) is 0 Å². The molecule has 1 fully saturated rings. The number of carbonyl (C=O) groups excluding carboxylic acids is 2. The summed E-state index contributed by atoms with van der Waals surface area (Å²) in [6.45, 7) is 4.58. The van der Waals surface area contributed by atoms with Gasteiger partial charge >= 0.3 is 0 Å². The molecule has 0 aromatic heterocycles. The molecule has 2 aromatic carbocycles. The quantitative estimate of drug-likeness (QED) is 0.778. The minimum Gasteiger partial charge on any atom is -0.325 e. The van der Waals surface area contributed by atoms with E-state index in [1.165, 1.54) is 0 Å². The van der Waals surface area contributed by atoms with Gasteiger partial charge in [-0.25, -0.2) is 0 Å². The van der Waals surface area contributed by atoms with Gasteiger partial charge in [0.05, 0.1) is 5.92 Å². The Kier molecular flexibility index (Phi) is 5.77. The number of hydrogen-bond acceptors (Lipinski definition) is 2. The van der Waals surface area contributed by atoms with E-state index in [-0.39, 0.29) is 24.2 Å². The lowest BCUT2D eigenvalue weighted by molar-refractivity contribution is -0.122. The minimum atomic E-state index is -0.333. The van der Waals surface area contributed by atoms with Crippen LogP contribution in [0.3, 0.4) is 0 Å². The molecular weight excluding hydrogens is 392 g/mol. The molecule has 26 heavy (non-hydrogen) atoms. The van der Waals surface area contributed by atoms with E-state index in [2.05, 4.69) is 35.1 Å². The van der Waals surface area contributed by atoms with Crippen molar-refractivity contribution >= 4 is 39.1 Å². The van der Waals surface area contributed by atoms with Gasteiger partial charge in [-0.2, -0.15) is 0 Å². The van der Waals surface area contributed by atoms with Gasteiger partial charge in [0, 0.05) is 28.8 Å². The smallest absolute Gasteiger partial charge is 0.229 e. The summed E-state index contributed by atoms with van der Waals surface area (Å²) in [5.74, 6) is -0.415. The van der Waals surface area contributed by atoms with Crippen LogP contribution in [0.4, 0.5) is 11.4 Å². The highest BCUT2D eigenvalue weighted by atomic mass is 79.9. The number of hydrogen-bond donors (Lipinski definition) is 1. The van der Waals surface area contributed by atoms with Gasteiger partial charge in [-0.1, -0.05) is 48.0 Å². The summed E-state index contributed by atoms with van der Waals surface area (Å²) in [7, 11) is 0. The number of nitrogens with one attached hydrogen (secondary N) is 1. The first-order valence-corrected chi connectivity index (χ1v) is 9.80. The molecule has 1 N–H and O–H groups in total. The molecular formula is C21H23BrN2O2. The summed E-state index contributed by atoms with van der Waals surface area (Å²) >= 11 is 3.40. The van der Waals surface area contributed by atoms with Crippen LogP contribution in [0.5, 0.6) is 0 Å². The third-order valence-corrected chi connectivity index (χ3v) is 5.41. The molecule has 0 spiro atoms. The molecule has 1 aliphatic rings. The zero-order valence-electron chi connectivity index (χ0n) is 15.1. The van der Waals surface area contributed by atoms with Crippen molar-refractivity contribution in [2.45, 2.75) is 33.1 Å². The molecule has 2 aromatic rings.